The van der Waals surface area contributed by atoms with Gasteiger partial charge < -0.3 is 24.0 Å². The van der Waals surface area contributed by atoms with Crippen molar-refractivity contribution in [2.75, 3.05) is 7.11 Å². The molecule has 112 valence electrons. The van der Waals surface area contributed by atoms with Gasteiger partial charge in [0, 0.05) is 6.07 Å². The number of ether oxygens (including phenoxy) is 1. The smallest absolute Gasteiger partial charge is 0.512 e. The maximum absolute atomic E-state index is 8.75. The van der Waals surface area contributed by atoms with Gasteiger partial charge in [0.25, 0.3) is 0 Å². The van der Waals surface area contributed by atoms with E-state index < -0.39 is 7.32 Å². The zero-order valence-corrected chi connectivity index (χ0v) is 11.9. The van der Waals surface area contributed by atoms with Crippen molar-refractivity contribution in [3.8, 4) is 11.6 Å². The number of imidazole rings is 1. The largest absolute Gasteiger partial charge is 0.707 e. The van der Waals surface area contributed by atoms with E-state index in [1.807, 2.05) is 22.8 Å². The van der Waals surface area contributed by atoms with Crippen LogP contribution in [0.5, 0.6) is 11.6 Å². The van der Waals surface area contributed by atoms with Crippen molar-refractivity contribution >= 4 is 18.5 Å². The minimum Gasteiger partial charge on any atom is -0.512 e. The molecule has 0 aliphatic heterocycles. The van der Waals surface area contributed by atoms with Crippen molar-refractivity contribution in [3.05, 3.63) is 48.3 Å². The van der Waals surface area contributed by atoms with Gasteiger partial charge in [-0.1, -0.05) is 12.1 Å². The predicted molar refractivity (Wildman–Crippen MR) is 80.4 cm³/mol. The first-order valence-corrected chi connectivity index (χ1v) is 6.63. The second-order valence-electron chi connectivity index (χ2n) is 4.66. The third-order valence-corrected chi connectivity index (χ3v) is 3.16. The van der Waals surface area contributed by atoms with E-state index in [2.05, 4.69) is 9.97 Å². The zero-order chi connectivity index (χ0) is 15.5. The molecule has 0 saturated carbocycles. The molecule has 0 atom stereocenters. The molecular weight excluding hydrogens is 285 g/mol. The lowest BCUT2D eigenvalue weighted by Gasteiger charge is -2.07. The summed E-state index contributed by atoms with van der Waals surface area (Å²) in [5.41, 5.74) is 2.54. The van der Waals surface area contributed by atoms with Gasteiger partial charge in [0.15, 0.2) is 5.65 Å². The molecule has 1 aromatic carbocycles. The van der Waals surface area contributed by atoms with Crippen molar-refractivity contribution in [1.29, 1.82) is 0 Å². The van der Waals surface area contributed by atoms with Gasteiger partial charge in [-0.3, -0.25) is 0 Å². The van der Waals surface area contributed by atoms with Crippen LogP contribution in [0.25, 0.3) is 11.2 Å². The lowest BCUT2D eigenvalue weighted by molar-refractivity contribution is 0.288. The Labute approximate surface area is 127 Å². The summed E-state index contributed by atoms with van der Waals surface area (Å²) in [6, 6.07) is 10.6. The first kappa shape index (κ1) is 14.4. The highest BCUT2D eigenvalue weighted by Gasteiger charge is 2.11. The molecule has 0 aliphatic carbocycles. The van der Waals surface area contributed by atoms with Crippen LogP contribution in [0.15, 0.2) is 42.7 Å². The molecule has 0 saturated heterocycles. The monoisotopic (exact) mass is 299 g/mol. The van der Waals surface area contributed by atoms with Gasteiger partial charge in [-0.25, -0.2) is 4.98 Å². The van der Waals surface area contributed by atoms with Crippen LogP contribution < -0.4 is 9.39 Å². The molecule has 0 radical (unpaired) electrons. The first-order chi connectivity index (χ1) is 10.7. The van der Waals surface area contributed by atoms with Crippen LogP contribution in [0.4, 0.5) is 0 Å². The molecule has 7 nitrogen and oxygen atoms in total. The van der Waals surface area contributed by atoms with Gasteiger partial charge in [0.1, 0.15) is 11.3 Å². The summed E-state index contributed by atoms with van der Waals surface area (Å²) in [6.45, 7) is 0.582. The number of rotatable bonds is 5. The fourth-order valence-corrected chi connectivity index (χ4v) is 2.14. The van der Waals surface area contributed by atoms with Crippen molar-refractivity contribution < 1.29 is 19.4 Å². The Hall–Kier alpha value is -2.58. The summed E-state index contributed by atoms with van der Waals surface area (Å²) in [6.07, 6.45) is 1.72. The number of hydrogen-bond acceptors (Lipinski definition) is 6. The van der Waals surface area contributed by atoms with Gasteiger partial charge in [-0.15, -0.1) is 0 Å². The van der Waals surface area contributed by atoms with Crippen LogP contribution in [0.1, 0.15) is 5.56 Å². The summed E-state index contributed by atoms with van der Waals surface area (Å²) in [4.78, 5) is 8.70. The molecule has 3 aromatic rings. The summed E-state index contributed by atoms with van der Waals surface area (Å²) >= 11 is 0. The van der Waals surface area contributed by atoms with E-state index in [1.165, 1.54) is 0 Å². The molecule has 0 spiro atoms. The van der Waals surface area contributed by atoms with Gasteiger partial charge in [0.2, 0.25) is 5.88 Å². The number of nitrogens with zero attached hydrogens (tertiary/aromatic N) is 3. The van der Waals surface area contributed by atoms with E-state index >= 15 is 0 Å². The normalized spacial score (nSPS) is 10.7. The molecule has 0 aliphatic rings. The molecule has 2 heterocycles. The third kappa shape index (κ3) is 3.02. The fourth-order valence-electron chi connectivity index (χ4n) is 2.14. The molecule has 3 rings (SSSR count). The van der Waals surface area contributed by atoms with Crippen LogP contribution in [0, 0.1) is 0 Å². The summed E-state index contributed by atoms with van der Waals surface area (Å²) in [5, 5.41) is 17.5. The molecule has 0 unspecified atom stereocenters. The third-order valence-electron chi connectivity index (χ3n) is 3.16. The lowest BCUT2D eigenvalue weighted by atomic mass is 10.2. The van der Waals surface area contributed by atoms with E-state index in [9.17, 15) is 0 Å². The Kier molecular flexibility index (Phi) is 3.95. The van der Waals surface area contributed by atoms with Crippen molar-refractivity contribution in [2.45, 2.75) is 6.54 Å². The number of hydrogen-bond donors (Lipinski definition) is 2. The Balaban J connectivity index is 1.83. The number of benzene rings is 1. The summed E-state index contributed by atoms with van der Waals surface area (Å²) in [5.74, 6) is 0.920. The lowest BCUT2D eigenvalue weighted by Crippen LogP contribution is -2.20. The molecule has 2 aromatic heterocycles. The van der Waals surface area contributed by atoms with Crippen LogP contribution >= 0.6 is 0 Å². The Morgan fingerprint density at radius 1 is 1.14 bits per heavy atom. The predicted octanol–water partition coefficient (Wildman–Crippen LogP) is 0.836. The summed E-state index contributed by atoms with van der Waals surface area (Å²) in [7, 11) is -0.247. The molecular formula is C14H14BN3O4. The number of pyridine rings is 1. The van der Waals surface area contributed by atoms with Gasteiger partial charge >= 0.3 is 7.32 Å². The molecule has 8 heteroatoms. The zero-order valence-electron chi connectivity index (χ0n) is 11.9. The van der Waals surface area contributed by atoms with Crippen LogP contribution in [-0.2, 0) is 6.54 Å². The van der Waals surface area contributed by atoms with Crippen LogP contribution in [-0.4, -0.2) is 39.0 Å². The van der Waals surface area contributed by atoms with E-state index in [0.717, 1.165) is 16.7 Å². The quantitative estimate of drug-likeness (QED) is 0.678. The molecule has 2 N–H and O–H groups in total. The number of aromatic nitrogens is 3. The fraction of sp³-hybridized carbons (Fsp3) is 0.143. The average Bonchev–Trinajstić information content (AvgIpc) is 2.91. The minimum absolute atomic E-state index is 0.383. The standard InChI is InChI=1S/C14H14BN3O4/c1-21-13-7-6-12-14(17-13)18(9-16-12)8-10-2-4-11(5-3-10)22-15(19)20/h2-7,9,19-20H,8H2,1H3. The van der Waals surface area contributed by atoms with E-state index in [1.54, 1.807) is 31.6 Å². The molecule has 0 amide bonds. The van der Waals surface area contributed by atoms with Crippen molar-refractivity contribution in [3.63, 3.8) is 0 Å². The van der Waals surface area contributed by atoms with Gasteiger partial charge in [0.05, 0.1) is 20.0 Å². The SMILES string of the molecule is COc1ccc2ncn(Cc3ccc(OB(O)O)cc3)c2n1. The van der Waals surface area contributed by atoms with E-state index in [4.69, 9.17) is 19.4 Å². The number of fused-ring (bicyclic) bond motifs is 1. The minimum atomic E-state index is -1.82. The van der Waals surface area contributed by atoms with Crippen LogP contribution in [0.2, 0.25) is 0 Å². The Morgan fingerprint density at radius 3 is 2.59 bits per heavy atom. The second-order valence-corrected chi connectivity index (χ2v) is 4.66. The summed E-state index contributed by atoms with van der Waals surface area (Å²) < 4.78 is 11.8. The topological polar surface area (TPSA) is 89.6 Å². The van der Waals surface area contributed by atoms with E-state index in [-0.39, 0.29) is 0 Å². The van der Waals surface area contributed by atoms with E-state index in [0.29, 0.717) is 18.2 Å². The number of methoxy groups -OCH3 is 1. The molecule has 0 bridgehead atoms. The first-order valence-electron chi connectivity index (χ1n) is 6.63. The molecule has 0 fully saturated rings. The highest BCUT2D eigenvalue weighted by atomic mass is 16.6. The van der Waals surface area contributed by atoms with Gasteiger partial charge in [-0.2, -0.15) is 4.98 Å². The van der Waals surface area contributed by atoms with Crippen molar-refractivity contribution in [2.24, 2.45) is 0 Å². The highest BCUT2D eigenvalue weighted by Crippen LogP contribution is 2.18. The van der Waals surface area contributed by atoms with Crippen LogP contribution in [0.3, 0.4) is 0 Å². The average molecular weight is 299 g/mol. The van der Waals surface area contributed by atoms with Gasteiger partial charge in [-0.05, 0) is 23.8 Å². The highest BCUT2D eigenvalue weighted by molar-refractivity contribution is 6.33. The second kappa shape index (κ2) is 6.04. The molecule has 22 heavy (non-hydrogen) atoms. The van der Waals surface area contributed by atoms with Crippen molar-refractivity contribution in [1.82, 2.24) is 14.5 Å². The maximum atomic E-state index is 8.75. The Morgan fingerprint density at radius 2 is 1.91 bits per heavy atom. The maximum Gasteiger partial charge on any atom is 0.707 e. The Bertz CT molecular complexity index is 773.